The van der Waals surface area contributed by atoms with Crippen LogP contribution >= 0.6 is 23.5 Å². The Morgan fingerprint density at radius 3 is 2.89 bits per heavy atom. The highest BCUT2D eigenvalue weighted by Crippen LogP contribution is 2.43. The van der Waals surface area contributed by atoms with E-state index in [4.69, 9.17) is 0 Å². The van der Waals surface area contributed by atoms with Gasteiger partial charge in [0.1, 0.15) is 0 Å². The van der Waals surface area contributed by atoms with Crippen LogP contribution in [0, 0.1) is 0 Å². The van der Waals surface area contributed by atoms with Gasteiger partial charge in [-0.15, -0.1) is 12.6 Å². The van der Waals surface area contributed by atoms with Crippen molar-refractivity contribution < 1.29 is 0 Å². The fourth-order valence-electron chi connectivity index (χ4n) is 0.835. The summed E-state index contributed by atoms with van der Waals surface area (Å²) in [5.41, 5.74) is 0. The molecule has 0 bridgehead atoms. The van der Waals surface area contributed by atoms with Crippen molar-refractivity contribution in [1.82, 2.24) is 0 Å². The van der Waals surface area contributed by atoms with Gasteiger partial charge in [0.05, 0.1) is 0 Å². The maximum absolute atomic E-state index is 4.35. The third-order valence-corrected chi connectivity index (χ3v) is 4.39. The molecule has 1 unspecified atom stereocenters. The lowest BCUT2D eigenvalue weighted by Crippen LogP contribution is -1.79. The molecule has 0 aliphatic carbocycles. The molecule has 1 aliphatic rings. The number of hydrogen-bond acceptors (Lipinski definition) is 1. The van der Waals surface area contributed by atoms with Crippen LogP contribution in [0.25, 0.3) is 0 Å². The molecule has 0 spiro atoms. The first-order valence-corrected chi connectivity index (χ1v) is 5.23. The van der Waals surface area contributed by atoms with E-state index in [9.17, 15) is 0 Å². The van der Waals surface area contributed by atoms with Crippen molar-refractivity contribution in [3.63, 3.8) is 0 Å². The second kappa shape index (κ2) is 3.37. The molecule has 0 saturated carbocycles. The first-order chi connectivity index (χ1) is 4.34. The van der Waals surface area contributed by atoms with E-state index in [1.807, 2.05) is 0 Å². The van der Waals surface area contributed by atoms with Crippen LogP contribution in [0.1, 0.15) is 13.3 Å². The highest BCUT2D eigenvalue weighted by molar-refractivity contribution is 8.30. The Hall–Kier alpha value is 0.180. The van der Waals surface area contributed by atoms with Crippen molar-refractivity contribution in [2.24, 2.45) is 0 Å². The molecule has 1 rings (SSSR count). The van der Waals surface area contributed by atoms with Crippen LogP contribution in [0.5, 0.6) is 0 Å². The number of rotatable bonds is 2. The van der Waals surface area contributed by atoms with Crippen LogP contribution in [0.4, 0.5) is 0 Å². The number of hydrogen-bond donors (Lipinski definition) is 2. The van der Waals surface area contributed by atoms with Crippen molar-refractivity contribution in [2.75, 3.05) is 5.75 Å². The molecule has 0 saturated heterocycles. The third kappa shape index (κ3) is 1.80. The van der Waals surface area contributed by atoms with E-state index in [-0.39, 0.29) is 10.9 Å². The van der Waals surface area contributed by atoms with Crippen molar-refractivity contribution in [1.29, 1.82) is 0 Å². The standard InChI is InChI=1S/C7H12S2/c1-2-5-9-6-3-4-7(9)8/h3-4,6,8-9H,2,5H2,1H3. The zero-order valence-electron chi connectivity index (χ0n) is 5.54. The molecule has 1 heterocycles. The summed E-state index contributed by atoms with van der Waals surface area (Å²) in [5, 5.41) is 2.28. The lowest BCUT2D eigenvalue weighted by molar-refractivity contribution is 1.11. The Balaban J connectivity index is 2.43. The molecular formula is C7H12S2. The van der Waals surface area contributed by atoms with Gasteiger partial charge in [0.15, 0.2) is 0 Å². The number of allylic oxidation sites excluding steroid dienone is 2. The minimum atomic E-state index is 0.0383. The van der Waals surface area contributed by atoms with Crippen LogP contribution in [0.2, 0.25) is 0 Å². The minimum Gasteiger partial charge on any atom is -0.201 e. The van der Waals surface area contributed by atoms with Gasteiger partial charge in [-0.05, 0) is 23.7 Å². The van der Waals surface area contributed by atoms with Gasteiger partial charge in [0.25, 0.3) is 0 Å². The average molecular weight is 160 g/mol. The van der Waals surface area contributed by atoms with E-state index < -0.39 is 0 Å². The molecule has 0 amide bonds. The van der Waals surface area contributed by atoms with Crippen molar-refractivity contribution in [2.45, 2.75) is 13.3 Å². The first kappa shape index (κ1) is 7.29. The molecule has 0 aromatic heterocycles. The van der Waals surface area contributed by atoms with Crippen LogP contribution in [0.3, 0.4) is 0 Å². The Kier molecular flexibility index (Phi) is 2.73. The molecule has 0 radical (unpaired) electrons. The molecule has 0 aromatic carbocycles. The van der Waals surface area contributed by atoms with Crippen LogP contribution in [-0.2, 0) is 0 Å². The molecule has 2 heteroatoms. The molecular weight excluding hydrogens is 148 g/mol. The summed E-state index contributed by atoms with van der Waals surface area (Å²) >= 11 is 4.35. The summed E-state index contributed by atoms with van der Waals surface area (Å²) < 4.78 is 1.28. The summed E-state index contributed by atoms with van der Waals surface area (Å²) in [6.07, 6.45) is 5.49. The van der Waals surface area contributed by atoms with Crippen molar-refractivity contribution in [3.05, 3.63) is 21.8 Å². The maximum Gasteiger partial charge on any atom is 0.0209 e. The molecule has 0 aromatic rings. The fourth-order valence-corrected chi connectivity index (χ4v) is 3.01. The van der Waals surface area contributed by atoms with Gasteiger partial charge in [0, 0.05) is 4.24 Å². The molecule has 0 nitrogen and oxygen atoms in total. The normalized spacial score (nSPS) is 28.7. The Morgan fingerprint density at radius 1 is 1.67 bits per heavy atom. The zero-order valence-corrected chi connectivity index (χ0v) is 7.33. The molecule has 9 heavy (non-hydrogen) atoms. The largest absolute Gasteiger partial charge is 0.201 e. The van der Waals surface area contributed by atoms with Gasteiger partial charge in [-0.1, -0.05) is 13.0 Å². The second-order valence-corrected chi connectivity index (χ2v) is 5.06. The SMILES string of the molecule is CCC[SH]1C=CC=C1S. The van der Waals surface area contributed by atoms with Gasteiger partial charge in [-0.25, -0.2) is 10.9 Å². The van der Waals surface area contributed by atoms with E-state index >= 15 is 0 Å². The van der Waals surface area contributed by atoms with Gasteiger partial charge >= 0.3 is 0 Å². The van der Waals surface area contributed by atoms with Crippen molar-refractivity contribution in [3.8, 4) is 0 Å². The molecule has 1 aliphatic heterocycles. The minimum absolute atomic E-state index is 0.0383. The Morgan fingerprint density at radius 2 is 2.44 bits per heavy atom. The van der Waals surface area contributed by atoms with E-state index in [0.717, 1.165) is 0 Å². The highest BCUT2D eigenvalue weighted by Gasteiger charge is 2.04. The van der Waals surface area contributed by atoms with Gasteiger partial charge in [-0.2, -0.15) is 0 Å². The lowest BCUT2D eigenvalue weighted by Gasteiger charge is -2.11. The summed E-state index contributed by atoms with van der Waals surface area (Å²) in [6, 6.07) is 0. The predicted octanol–water partition coefficient (Wildman–Crippen LogP) is 2.70. The molecule has 52 valence electrons. The molecule has 1 atom stereocenters. The molecule has 0 fully saturated rings. The zero-order chi connectivity index (χ0) is 6.69. The average Bonchev–Trinajstić information content (AvgIpc) is 2.18. The lowest BCUT2D eigenvalue weighted by atomic mass is 10.6. The van der Waals surface area contributed by atoms with Gasteiger partial charge in [-0.3, -0.25) is 0 Å². The van der Waals surface area contributed by atoms with Crippen LogP contribution in [0.15, 0.2) is 21.8 Å². The Labute approximate surface area is 64.8 Å². The quantitative estimate of drug-likeness (QED) is 0.570. The second-order valence-electron chi connectivity index (χ2n) is 2.06. The molecule has 0 N–H and O–H groups in total. The summed E-state index contributed by atoms with van der Waals surface area (Å²) in [7, 11) is 0.0383. The van der Waals surface area contributed by atoms with E-state index in [0.29, 0.717) is 0 Å². The van der Waals surface area contributed by atoms with Crippen LogP contribution < -0.4 is 0 Å². The van der Waals surface area contributed by atoms with E-state index in [2.05, 4.69) is 37.1 Å². The summed E-state index contributed by atoms with van der Waals surface area (Å²) in [5.74, 6) is 1.31. The third-order valence-electron chi connectivity index (χ3n) is 1.27. The van der Waals surface area contributed by atoms with Gasteiger partial charge < -0.3 is 0 Å². The van der Waals surface area contributed by atoms with Crippen molar-refractivity contribution >= 4 is 23.5 Å². The smallest absolute Gasteiger partial charge is 0.0209 e. The highest BCUT2D eigenvalue weighted by atomic mass is 32.2. The summed E-state index contributed by atoms with van der Waals surface area (Å²) in [4.78, 5) is 0. The first-order valence-electron chi connectivity index (χ1n) is 3.18. The van der Waals surface area contributed by atoms with E-state index in [1.54, 1.807) is 0 Å². The van der Waals surface area contributed by atoms with Gasteiger partial charge in [0.2, 0.25) is 0 Å². The van der Waals surface area contributed by atoms with Crippen LogP contribution in [-0.4, -0.2) is 5.75 Å². The predicted molar refractivity (Wildman–Crippen MR) is 50.4 cm³/mol. The fraction of sp³-hybridized carbons (Fsp3) is 0.429. The summed E-state index contributed by atoms with van der Waals surface area (Å²) in [6.45, 7) is 2.22. The monoisotopic (exact) mass is 160 g/mol. The number of thiol groups is 2. The topological polar surface area (TPSA) is 0 Å². The van der Waals surface area contributed by atoms with E-state index in [1.165, 1.54) is 16.4 Å². The Bertz CT molecular complexity index is 147. The maximum atomic E-state index is 4.35.